The van der Waals surface area contributed by atoms with E-state index in [1.165, 1.54) is 30.5 Å². The van der Waals surface area contributed by atoms with Gasteiger partial charge in [0.2, 0.25) is 0 Å². The van der Waals surface area contributed by atoms with Crippen LogP contribution in [0, 0.1) is 11.7 Å². The molecule has 0 saturated carbocycles. The van der Waals surface area contributed by atoms with Crippen molar-refractivity contribution in [3.63, 3.8) is 0 Å². The number of halogens is 1. The first-order valence-corrected chi connectivity index (χ1v) is 13.3. The Morgan fingerprint density at radius 2 is 1.92 bits per heavy atom. The normalized spacial score (nSPS) is 18.0. The molecule has 0 aliphatic carbocycles. The van der Waals surface area contributed by atoms with Gasteiger partial charge in [-0.25, -0.2) is 14.1 Å². The van der Waals surface area contributed by atoms with Gasteiger partial charge in [0.05, 0.1) is 24.1 Å². The Bertz CT molecular complexity index is 1330. The molecule has 0 spiro atoms. The van der Waals surface area contributed by atoms with E-state index in [2.05, 4.69) is 14.9 Å². The first kappa shape index (κ1) is 25.6. The molecule has 11 heteroatoms. The van der Waals surface area contributed by atoms with E-state index in [1.54, 1.807) is 12.1 Å². The van der Waals surface area contributed by atoms with Crippen molar-refractivity contribution in [2.75, 3.05) is 11.5 Å². The highest BCUT2D eigenvalue weighted by Gasteiger charge is 2.33. The van der Waals surface area contributed by atoms with Crippen LogP contribution in [0.25, 0.3) is 11.3 Å². The van der Waals surface area contributed by atoms with Gasteiger partial charge in [-0.2, -0.15) is 13.5 Å². The highest BCUT2D eigenvalue weighted by molar-refractivity contribution is 7.90. The number of anilines is 1. The number of pyridine rings is 1. The Labute approximate surface area is 210 Å². The standard InChI is InChI=1S/C25H30FN5O4S/c1-15(2)14-35-20-12-18(11-19(26)13-20)22-8-7-21(24(28-22)31-16(3)5-6-17(31)4)25(32)30-36(33,34)23-9-10-27-29-23/h7-13,15-17H,5-6,14H2,1-4H3,(H,27,29)(H,30,32)/t16-,17+. The summed E-state index contributed by atoms with van der Waals surface area (Å²) in [5.41, 5.74) is 1.04. The molecular formula is C25H30FN5O4S. The molecule has 1 aliphatic rings. The molecule has 3 heterocycles. The van der Waals surface area contributed by atoms with Crippen LogP contribution in [0.15, 0.2) is 47.6 Å². The average Bonchev–Trinajstić information content (AvgIpc) is 3.47. The minimum atomic E-state index is -4.15. The van der Waals surface area contributed by atoms with Crippen LogP contribution in [0.4, 0.5) is 10.2 Å². The van der Waals surface area contributed by atoms with E-state index in [1.807, 2.05) is 32.6 Å². The monoisotopic (exact) mass is 515 g/mol. The summed E-state index contributed by atoms with van der Waals surface area (Å²) >= 11 is 0. The van der Waals surface area contributed by atoms with Gasteiger partial charge in [-0.1, -0.05) is 13.8 Å². The molecule has 0 unspecified atom stereocenters. The van der Waals surface area contributed by atoms with Crippen molar-refractivity contribution in [3.8, 4) is 17.0 Å². The van der Waals surface area contributed by atoms with E-state index in [9.17, 15) is 17.6 Å². The topological polar surface area (TPSA) is 117 Å². The first-order valence-electron chi connectivity index (χ1n) is 11.8. The Morgan fingerprint density at radius 1 is 1.19 bits per heavy atom. The van der Waals surface area contributed by atoms with Crippen molar-refractivity contribution in [3.05, 3.63) is 54.0 Å². The number of sulfonamides is 1. The van der Waals surface area contributed by atoms with E-state index < -0.39 is 21.7 Å². The Balaban J connectivity index is 1.75. The molecule has 1 saturated heterocycles. The first-order chi connectivity index (χ1) is 17.0. The summed E-state index contributed by atoms with van der Waals surface area (Å²) in [5.74, 6) is -0.279. The van der Waals surface area contributed by atoms with E-state index in [0.29, 0.717) is 29.4 Å². The highest BCUT2D eigenvalue weighted by Crippen LogP contribution is 2.34. The number of benzene rings is 1. The molecule has 1 aromatic carbocycles. The number of H-pyrrole nitrogens is 1. The van der Waals surface area contributed by atoms with Gasteiger partial charge >= 0.3 is 0 Å². The number of aromatic amines is 1. The predicted octanol–water partition coefficient (Wildman–Crippen LogP) is 4.14. The predicted molar refractivity (Wildman–Crippen MR) is 134 cm³/mol. The van der Waals surface area contributed by atoms with Crippen molar-refractivity contribution < 1.29 is 22.3 Å². The summed E-state index contributed by atoms with van der Waals surface area (Å²) in [4.78, 5) is 19.9. The summed E-state index contributed by atoms with van der Waals surface area (Å²) in [6, 6.07) is 8.89. The molecular weight excluding hydrogens is 485 g/mol. The number of carbonyl (C=O) groups is 1. The maximum absolute atomic E-state index is 14.4. The third-order valence-electron chi connectivity index (χ3n) is 6.06. The zero-order valence-corrected chi connectivity index (χ0v) is 21.5. The van der Waals surface area contributed by atoms with Crippen molar-refractivity contribution in [2.24, 2.45) is 5.92 Å². The number of hydrogen-bond donors (Lipinski definition) is 2. The Hall–Kier alpha value is -3.47. The van der Waals surface area contributed by atoms with E-state index in [0.717, 1.165) is 12.8 Å². The molecule has 2 N–H and O–H groups in total. The summed E-state index contributed by atoms with van der Waals surface area (Å²) in [5, 5.41) is 5.76. The molecule has 2 atom stereocenters. The number of nitrogens with zero attached hydrogens (tertiary/aromatic N) is 3. The average molecular weight is 516 g/mol. The molecule has 2 aromatic heterocycles. The van der Waals surface area contributed by atoms with Gasteiger partial charge in [0.15, 0.2) is 5.03 Å². The van der Waals surface area contributed by atoms with Gasteiger partial charge in [-0.3, -0.25) is 9.89 Å². The largest absolute Gasteiger partial charge is 0.493 e. The molecule has 4 rings (SSSR count). The molecule has 0 radical (unpaired) electrons. The van der Waals surface area contributed by atoms with E-state index in [4.69, 9.17) is 9.72 Å². The molecule has 192 valence electrons. The zero-order valence-electron chi connectivity index (χ0n) is 20.7. The van der Waals surface area contributed by atoms with Crippen molar-refractivity contribution >= 4 is 21.7 Å². The quantitative estimate of drug-likeness (QED) is 0.463. The van der Waals surface area contributed by atoms with Crippen LogP contribution in [0.1, 0.15) is 50.9 Å². The smallest absolute Gasteiger partial charge is 0.281 e. The zero-order chi connectivity index (χ0) is 26.0. The minimum Gasteiger partial charge on any atom is -0.493 e. The van der Waals surface area contributed by atoms with Gasteiger partial charge < -0.3 is 9.64 Å². The fraction of sp³-hybridized carbons (Fsp3) is 0.400. The van der Waals surface area contributed by atoms with Gasteiger partial charge in [0, 0.05) is 23.7 Å². The van der Waals surface area contributed by atoms with Crippen LogP contribution in [0.5, 0.6) is 5.75 Å². The number of ether oxygens (including phenoxy) is 1. The molecule has 9 nitrogen and oxygen atoms in total. The van der Waals surface area contributed by atoms with Gasteiger partial charge in [-0.05, 0) is 62.9 Å². The molecule has 36 heavy (non-hydrogen) atoms. The summed E-state index contributed by atoms with van der Waals surface area (Å²) < 4.78 is 47.5. The Morgan fingerprint density at radius 3 is 2.56 bits per heavy atom. The lowest BCUT2D eigenvalue weighted by atomic mass is 10.1. The van der Waals surface area contributed by atoms with Crippen LogP contribution in [-0.2, 0) is 10.0 Å². The van der Waals surface area contributed by atoms with Gasteiger partial charge in [-0.15, -0.1) is 0 Å². The second-order valence-electron chi connectivity index (χ2n) is 9.49. The van der Waals surface area contributed by atoms with Gasteiger partial charge in [0.25, 0.3) is 15.9 Å². The molecule has 1 aliphatic heterocycles. The number of carbonyl (C=O) groups excluding carboxylic acids is 1. The third-order valence-corrected chi connectivity index (χ3v) is 7.32. The summed E-state index contributed by atoms with van der Waals surface area (Å²) in [7, 11) is -4.15. The highest BCUT2D eigenvalue weighted by atomic mass is 32.2. The van der Waals surface area contributed by atoms with Crippen LogP contribution >= 0.6 is 0 Å². The molecule has 1 fully saturated rings. The number of rotatable bonds is 8. The summed E-state index contributed by atoms with van der Waals surface area (Å²) in [6.45, 7) is 8.50. The summed E-state index contributed by atoms with van der Waals surface area (Å²) in [6.07, 6.45) is 3.08. The van der Waals surface area contributed by atoms with Crippen LogP contribution < -0.4 is 14.4 Å². The number of hydrogen-bond acceptors (Lipinski definition) is 7. The van der Waals surface area contributed by atoms with E-state index >= 15 is 0 Å². The number of amides is 1. The fourth-order valence-electron chi connectivity index (χ4n) is 4.28. The maximum Gasteiger partial charge on any atom is 0.281 e. The lowest BCUT2D eigenvalue weighted by Crippen LogP contribution is -2.37. The second kappa shape index (κ2) is 10.3. The molecule has 3 aromatic rings. The molecule has 0 bridgehead atoms. The second-order valence-corrected chi connectivity index (χ2v) is 11.1. The SMILES string of the molecule is CC(C)COc1cc(F)cc(-c2ccc(C(=O)NS(=O)(=O)c3ccn[nH]3)c(N3[C@H](C)CC[C@@H]3C)n2)c1. The molecule has 1 amide bonds. The van der Waals surface area contributed by atoms with Crippen LogP contribution in [-0.4, -0.2) is 48.2 Å². The lowest BCUT2D eigenvalue weighted by molar-refractivity contribution is 0.0981. The number of aromatic nitrogens is 3. The van der Waals surface area contributed by atoms with Gasteiger partial charge in [0.1, 0.15) is 17.4 Å². The minimum absolute atomic E-state index is 0.0796. The number of nitrogens with one attached hydrogen (secondary N) is 2. The van der Waals surface area contributed by atoms with Crippen LogP contribution in [0.2, 0.25) is 0 Å². The van der Waals surface area contributed by atoms with Crippen molar-refractivity contribution in [2.45, 2.75) is 57.6 Å². The van der Waals surface area contributed by atoms with Crippen LogP contribution in [0.3, 0.4) is 0 Å². The lowest BCUT2D eigenvalue weighted by Gasteiger charge is -2.29. The van der Waals surface area contributed by atoms with Crippen molar-refractivity contribution in [1.82, 2.24) is 19.9 Å². The maximum atomic E-state index is 14.4. The van der Waals surface area contributed by atoms with Crippen molar-refractivity contribution in [1.29, 1.82) is 0 Å². The fourth-order valence-corrected chi connectivity index (χ4v) is 5.15. The third kappa shape index (κ3) is 5.51. The van der Waals surface area contributed by atoms with E-state index in [-0.39, 0.29) is 28.6 Å². The Kier molecular flexibility index (Phi) is 7.30.